The van der Waals surface area contributed by atoms with E-state index in [2.05, 4.69) is 28.2 Å². The minimum absolute atomic E-state index is 0.0607. The van der Waals surface area contributed by atoms with Gasteiger partial charge in [0.05, 0.1) is 5.56 Å². The number of amides is 1. The Morgan fingerprint density at radius 1 is 1.59 bits per heavy atom. The van der Waals surface area contributed by atoms with Gasteiger partial charge in [0.2, 0.25) is 0 Å². The van der Waals surface area contributed by atoms with E-state index < -0.39 is 0 Å². The number of rotatable bonds is 5. The molecule has 0 heterocycles. The number of nitrogens with one attached hydrogen (secondary N) is 1. The Morgan fingerprint density at radius 2 is 2.29 bits per heavy atom. The Kier molecular flexibility index (Phi) is 6.38. The Labute approximate surface area is 120 Å². The van der Waals surface area contributed by atoms with Crippen LogP contribution in [0.3, 0.4) is 0 Å². The summed E-state index contributed by atoms with van der Waals surface area (Å²) in [6.07, 6.45) is 2.96. The Morgan fingerprint density at radius 3 is 2.82 bits per heavy atom. The van der Waals surface area contributed by atoms with E-state index in [0.717, 1.165) is 16.6 Å². The monoisotopic (exact) mass is 335 g/mol. The third kappa shape index (κ3) is 4.53. The van der Waals surface area contributed by atoms with Gasteiger partial charge in [-0.3, -0.25) is 4.79 Å². The van der Waals surface area contributed by atoms with Gasteiger partial charge in [-0.05, 0) is 46.8 Å². The van der Waals surface area contributed by atoms with Crippen LogP contribution < -0.4 is 5.32 Å². The summed E-state index contributed by atoms with van der Waals surface area (Å²) in [7, 11) is 0. The first-order chi connectivity index (χ1) is 8.08. The van der Waals surface area contributed by atoms with Crippen molar-refractivity contribution in [3.05, 3.63) is 33.3 Å². The predicted octanol–water partition coefficient (Wildman–Crippen LogP) is 3.97. The zero-order valence-corrected chi connectivity index (χ0v) is 13.0. The normalized spacial score (nSPS) is 12.2. The molecular weight excluding hydrogens is 322 g/mol. The fraction of sp³-hybridized carbons (Fsp3) is 0.417. The Bertz CT molecular complexity index is 400. The fourth-order valence-corrected chi connectivity index (χ4v) is 2.98. The molecule has 0 bridgehead atoms. The van der Waals surface area contributed by atoms with Crippen LogP contribution in [0.4, 0.5) is 0 Å². The highest BCUT2D eigenvalue weighted by molar-refractivity contribution is 9.10. The third-order valence-electron chi connectivity index (χ3n) is 2.37. The second kappa shape index (κ2) is 7.29. The number of carbonyl (C=O) groups is 1. The van der Waals surface area contributed by atoms with E-state index in [9.17, 15) is 4.79 Å². The lowest BCUT2D eigenvalue weighted by molar-refractivity contribution is 0.0939. The average Bonchev–Trinajstić information content (AvgIpc) is 2.28. The number of thioether (sulfide) groups is 1. The van der Waals surface area contributed by atoms with E-state index in [1.165, 1.54) is 0 Å². The summed E-state index contributed by atoms with van der Waals surface area (Å²) < 4.78 is 0.724. The van der Waals surface area contributed by atoms with Gasteiger partial charge in [0.25, 0.3) is 5.91 Å². The summed E-state index contributed by atoms with van der Waals surface area (Å²) in [4.78, 5) is 12.0. The molecular formula is C12H15BrClNOS. The molecule has 0 radical (unpaired) electrons. The number of benzene rings is 1. The smallest absolute Gasteiger partial charge is 0.252 e. The second-order valence-electron chi connectivity index (χ2n) is 3.66. The summed E-state index contributed by atoms with van der Waals surface area (Å²) >= 11 is 10.9. The summed E-state index contributed by atoms with van der Waals surface area (Å²) in [5.74, 6) is 0.863. The van der Waals surface area contributed by atoms with Gasteiger partial charge in [-0.2, -0.15) is 11.8 Å². The highest BCUT2D eigenvalue weighted by Crippen LogP contribution is 2.21. The van der Waals surface area contributed by atoms with Gasteiger partial charge in [0.15, 0.2) is 0 Å². The summed E-state index contributed by atoms with van der Waals surface area (Å²) in [6, 6.07) is 5.39. The number of halogens is 2. The highest BCUT2D eigenvalue weighted by Gasteiger charge is 2.14. The van der Waals surface area contributed by atoms with E-state index >= 15 is 0 Å². The largest absolute Gasteiger partial charge is 0.348 e. The van der Waals surface area contributed by atoms with Gasteiger partial charge in [0, 0.05) is 21.3 Å². The van der Waals surface area contributed by atoms with Crippen LogP contribution in [0.25, 0.3) is 0 Å². The molecule has 0 saturated heterocycles. The Hall–Kier alpha value is -0.190. The standard InChI is InChI=1S/C12H15BrClNOS/c1-3-9(7-17-2)15-12(16)10-5-4-8(14)6-11(10)13/h4-6,9H,3,7H2,1-2H3,(H,15,16). The molecule has 0 fully saturated rings. The van der Waals surface area contributed by atoms with Crippen LogP contribution in [-0.4, -0.2) is 24.0 Å². The van der Waals surface area contributed by atoms with Gasteiger partial charge < -0.3 is 5.32 Å². The quantitative estimate of drug-likeness (QED) is 0.881. The maximum atomic E-state index is 12.0. The van der Waals surface area contributed by atoms with Gasteiger partial charge in [-0.15, -0.1) is 0 Å². The van der Waals surface area contributed by atoms with Crippen LogP contribution in [0.15, 0.2) is 22.7 Å². The minimum Gasteiger partial charge on any atom is -0.348 e. The highest BCUT2D eigenvalue weighted by atomic mass is 79.9. The van der Waals surface area contributed by atoms with Crippen molar-refractivity contribution in [2.45, 2.75) is 19.4 Å². The maximum Gasteiger partial charge on any atom is 0.252 e. The molecule has 0 spiro atoms. The topological polar surface area (TPSA) is 29.1 Å². The molecule has 17 heavy (non-hydrogen) atoms. The zero-order chi connectivity index (χ0) is 12.8. The lowest BCUT2D eigenvalue weighted by Gasteiger charge is -2.16. The van der Waals surface area contributed by atoms with Crippen LogP contribution in [0.5, 0.6) is 0 Å². The van der Waals surface area contributed by atoms with Crippen molar-refractivity contribution < 1.29 is 4.79 Å². The molecule has 0 aromatic heterocycles. The molecule has 1 unspecified atom stereocenters. The fourth-order valence-electron chi connectivity index (χ4n) is 1.40. The van der Waals surface area contributed by atoms with E-state index in [1.807, 2.05) is 6.26 Å². The van der Waals surface area contributed by atoms with Crippen LogP contribution in [0.2, 0.25) is 5.02 Å². The molecule has 94 valence electrons. The van der Waals surface area contributed by atoms with Crippen molar-refractivity contribution >= 4 is 45.2 Å². The Balaban J connectivity index is 2.75. The van der Waals surface area contributed by atoms with Crippen LogP contribution >= 0.6 is 39.3 Å². The van der Waals surface area contributed by atoms with E-state index in [-0.39, 0.29) is 11.9 Å². The van der Waals surface area contributed by atoms with Crippen molar-refractivity contribution in [1.82, 2.24) is 5.32 Å². The maximum absolute atomic E-state index is 12.0. The first kappa shape index (κ1) is 14.9. The van der Waals surface area contributed by atoms with Crippen molar-refractivity contribution in [2.75, 3.05) is 12.0 Å². The van der Waals surface area contributed by atoms with Crippen LogP contribution in [-0.2, 0) is 0 Å². The van der Waals surface area contributed by atoms with Gasteiger partial charge in [-0.25, -0.2) is 0 Å². The van der Waals surface area contributed by atoms with Crippen molar-refractivity contribution in [3.63, 3.8) is 0 Å². The number of carbonyl (C=O) groups excluding carboxylic acids is 1. The van der Waals surface area contributed by atoms with E-state index in [0.29, 0.717) is 10.6 Å². The van der Waals surface area contributed by atoms with Crippen LogP contribution in [0, 0.1) is 0 Å². The second-order valence-corrected chi connectivity index (χ2v) is 5.86. The van der Waals surface area contributed by atoms with E-state index in [4.69, 9.17) is 11.6 Å². The van der Waals surface area contributed by atoms with Crippen molar-refractivity contribution in [2.24, 2.45) is 0 Å². The minimum atomic E-state index is -0.0607. The van der Waals surface area contributed by atoms with E-state index in [1.54, 1.807) is 30.0 Å². The number of hydrogen-bond donors (Lipinski definition) is 1. The molecule has 2 nitrogen and oxygen atoms in total. The summed E-state index contributed by atoms with van der Waals surface area (Å²) in [5, 5.41) is 3.63. The summed E-state index contributed by atoms with van der Waals surface area (Å²) in [6.45, 7) is 2.07. The third-order valence-corrected chi connectivity index (χ3v) is 4.00. The lowest BCUT2D eigenvalue weighted by atomic mass is 10.2. The van der Waals surface area contributed by atoms with Crippen LogP contribution in [0.1, 0.15) is 23.7 Å². The van der Waals surface area contributed by atoms with Gasteiger partial charge in [-0.1, -0.05) is 18.5 Å². The van der Waals surface area contributed by atoms with Gasteiger partial charge >= 0.3 is 0 Å². The zero-order valence-electron chi connectivity index (χ0n) is 9.80. The summed E-state index contributed by atoms with van der Waals surface area (Å²) in [5.41, 5.74) is 0.619. The number of hydrogen-bond acceptors (Lipinski definition) is 2. The van der Waals surface area contributed by atoms with Gasteiger partial charge in [0.1, 0.15) is 0 Å². The molecule has 5 heteroatoms. The van der Waals surface area contributed by atoms with Crippen molar-refractivity contribution in [1.29, 1.82) is 0 Å². The molecule has 0 saturated carbocycles. The molecule has 0 aliphatic rings. The molecule has 0 aliphatic heterocycles. The van der Waals surface area contributed by atoms with Crippen molar-refractivity contribution in [3.8, 4) is 0 Å². The molecule has 1 aromatic carbocycles. The SMILES string of the molecule is CCC(CSC)NC(=O)c1ccc(Cl)cc1Br. The lowest BCUT2D eigenvalue weighted by Crippen LogP contribution is -2.36. The first-order valence-corrected chi connectivity index (χ1v) is 7.89. The molecule has 1 N–H and O–H groups in total. The predicted molar refractivity (Wildman–Crippen MR) is 79.1 cm³/mol. The molecule has 1 aromatic rings. The molecule has 1 amide bonds. The molecule has 1 rings (SSSR count). The first-order valence-electron chi connectivity index (χ1n) is 5.33. The average molecular weight is 337 g/mol. The molecule has 0 aliphatic carbocycles. The molecule has 1 atom stereocenters.